The zero-order chi connectivity index (χ0) is 10.2. The van der Waals surface area contributed by atoms with Crippen LogP contribution in [0, 0.1) is 3.57 Å². The molecule has 0 fully saturated rings. The normalized spacial score (nSPS) is 11.8. The molecule has 0 atom stereocenters. The Morgan fingerprint density at radius 2 is 1.85 bits per heavy atom. The summed E-state index contributed by atoms with van der Waals surface area (Å²) >= 11 is 4.65. The number of hydrogen-bond acceptors (Lipinski definition) is 1. The molecule has 1 nitrogen and oxygen atoms in total. The summed E-state index contributed by atoms with van der Waals surface area (Å²) in [4.78, 5) is 0. The van der Waals surface area contributed by atoms with Crippen LogP contribution in [0.4, 0.5) is 13.2 Å². The van der Waals surface area contributed by atoms with E-state index < -0.39 is 17.5 Å². The van der Waals surface area contributed by atoms with Crippen molar-refractivity contribution in [2.75, 3.05) is 0 Å². The van der Waals surface area contributed by atoms with Crippen molar-refractivity contribution >= 4 is 38.5 Å². The summed E-state index contributed by atoms with van der Waals surface area (Å²) < 4.78 is 37.1. The number of phenols is 1. The SMILES string of the molecule is Oc1c(C(F)(F)F)ccc(Br)c1I. The zero-order valence-corrected chi connectivity index (χ0v) is 9.74. The van der Waals surface area contributed by atoms with Crippen LogP contribution >= 0.6 is 38.5 Å². The number of alkyl halides is 3. The highest BCUT2D eigenvalue weighted by molar-refractivity contribution is 14.1. The van der Waals surface area contributed by atoms with Crippen LogP contribution in [-0.4, -0.2) is 5.11 Å². The van der Waals surface area contributed by atoms with Gasteiger partial charge >= 0.3 is 6.18 Å². The van der Waals surface area contributed by atoms with Gasteiger partial charge in [0.1, 0.15) is 5.75 Å². The molecule has 0 aliphatic heterocycles. The molecular formula is C7H3BrF3IO. The first kappa shape index (κ1) is 11.1. The average molecular weight is 367 g/mol. The number of benzene rings is 1. The zero-order valence-electron chi connectivity index (χ0n) is 5.99. The van der Waals surface area contributed by atoms with E-state index in [2.05, 4.69) is 15.9 Å². The van der Waals surface area contributed by atoms with Gasteiger partial charge in [0.2, 0.25) is 0 Å². The van der Waals surface area contributed by atoms with Gasteiger partial charge in [0.05, 0.1) is 9.13 Å². The first-order valence-electron chi connectivity index (χ1n) is 3.08. The lowest BCUT2D eigenvalue weighted by Crippen LogP contribution is -2.05. The maximum Gasteiger partial charge on any atom is 0.419 e. The molecule has 1 rings (SSSR count). The lowest BCUT2D eigenvalue weighted by Gasteiger charge is -2.10. The highest BCUT2D eigenvalue weighted by Crippen LogP contribution is 2.40. The highest BCUT2D eigenvalue weighted by atomic mass is 127. The quantitative estimate of drug-likeness (QED) is 0.693. The topological polar surface area (TPSA) is 20.2 Å². The summed E-state index contributed by atoms with van der Waals surface area (Å²) in [5, 5.41) is 9.16. The van der Waals surface area contributed by atoms with Gasteiger partial charge in [-0.15, -0.1) is 0 Å². The molecule has 6 heteroatoms. The van der Waals surface area contributed by atoms with Crippen LogP contribution in [0.5, 0.6) is 5.75 Å². The fraction of sp³-hybridized carbons (Fsp3) is 0.143. The Bertz CT molecular complexity index is 337. The second-order valence-electron chi connectivity index (χ2n) is 2.26. The number of halogens is 5. The molecule has 0 unspecified atom stereocenters. The largest absolute Gasteiger partial charge is 0.506 e. The third-order valence-corrected chi connectivity index (χ3v) is 3.87. The summed E-state index contributed by atoms with van der Waals surface area (Å²) in [5.74, 6) is -0.734. The van der Waals surface area contributed by atoms with E-state index in [-0.39, 0.29) is 3.57 Å². The van der Waals surface area contributed by atoms with E-state index in [4.69, 9.17) is 5.11 Å². The summed E-state index contributed by atoms with van der Waals surface area (Å²) in [5.41, 5.74) is -1.01. The van der Waals surface area contributed by atoms with Crippen LogP contribution in [0.1, 0.15) is 5.56 Å². The molecule has 1 N–H and O–H groups in total. The van der Waals surface area contributed by atoms with Gasteiger partial charge in [-0.3, -0.25) is 0 Å². The molecule has 13 heavy (non-hydrogen) atoms. The molecule has 0 spiro atoms. The molecule has 0 amide bonds. The van der Waals surface area contributed by atoms with Crippen molar-refractivity contribution in [1.29, 1.82) is 0 Å². The molecule has 1 aromatic rings. The summed E-state index contributed by atoms with van der Waals surface area (Å²) in [6.45, 7) is 0. The fourth-order valence-electron chi connectivity index (χ4n) is 0.769. The minimum Gasteiger partial charge on any atom is -0.506 e. The Labute approximate surface area is 94.2 Å². The minimum atomic E-state index is -4.51. The van der Waals surface area contributed by atoms with Crippen LogP contribution in [0.25, 0.3) is 0 Å². The minimum absolute atomic E-state index is 0.160. The molecule has 0 aliphatic rings. The predicted octanol–water partition coefficient (Wildman–Crippen LogP) is 3.78. The van der Waals surface area contributed by atoms with Crippen LogP contribution in [0.15, 0.2) is 16.6 Å². The van der Waals surface area contributed by atoms with Gasteiger partial charge in [0.25, 0.3) is 0 Å². The maximum atomic E-state index is 12.2. The molecule has 0 heterocycles. The first-order valence-corrected chi connectivity index (χ1v) is 4.95. The third kappa shape index (κ3) is 2.28. The molecule has 72 valence electrons. The molecule has 1 aromatic carbocycles. The Balaban J connectivity index is 3.35. The van der Waals surface area contributed by atoms with Gasteiger partial charge in [0, 0.05) is 4.47 Å². The van der Waals surface area contributed by atoms with Crippen molar-refractivity contribution in [3.8, 4) is 5.75 Å². The second kappa shape index (κ2) is 3.64. The van der Waals surface area contributed by atoms with E-state index in [9.17, 15) is 13.2 Å². The molecule has 0 saturated carbocycles. The lowest BCUT2D eigenvalue weighted by atomic mass is 10.2. The second-order valence-corrected chi connectivity index (χ2v) is 4.19. The van der Waals surface area contributed by atoms with E-state index in [1.54, 1.807) is 22.6 Å². The number of rotatable bonds is 0. The van der Waals surface area contributed by atoms with E-state index >= 15 is 0 Å². The van der Waals surface area contributed by atoms with E-state index in [1.165, 1.54) is 6.07 Å². The molecule has 0 radical (unpaired) electrons. The number of phenolic OH excluding ortho intramolecular Hbond substituents is 1. The molecule has 0 aliphatic carbocycles. The van der Waals surface area contributed by atoms with Gasteiger partial charge in [-0.05, 0) is 50.7 Å². The Kier molecular flexibility index (Phi) is 3.11. The maximum absolute atomic E-state index is 12.2. The van der Waals surface area contributed by atoms with Crippen molar-refractivity contribution in [2.45, 2.75) is 6.18 Å². The van der Waals surface area contributed by atoms with Crippen molar-refractivity contribution in [2.24, 2.45) is 0 Å². The summed E-state index contributed by atoms with van der Waals surface area (Å²) in [6.07, 6.45) is -4.51. The monoisotopic (exact) mass is 366 g/mol. The van der Waals surface area contributed by atoms with Gasteiger partial charge < -0.3 is 5.11 Å². The molecule has 0 bridgehead atoms. The summed E-state index contributed by atoms with van der Waals surface area (Å²) in [7, 11) is 0. The van der Waals surface area contributed by atoms with Gasteiger partial charge in [-0.25, -0.2) is 0 Å². The van der Waals surface area contributed by atoms with Crippen LogP contribution in [-0.2, 0) is 6.18 Å². The van der Waals surface area contributed by atoms with Crippen molar-refractivity contribution in [3.63, 3.8) is 0 Å². The lowest BCUT2D eigenvalue weighted by molar-refractivity contribution is -0.138. The third-order valence-electron chi connectivity index (χ3n) is 1.37. The van der Waals surface area contributed by atoms with Crippen LogP contribution in [0.3, 0.4) is 0 Å². The van der Waals surface area contributed by atoms with Gasteiger partial charge in [-0.1, -0.05) is 0 Å². The molecule has 0 saturated heterocycles. The van der Waals surface area contributed by atoms with Crippen molar-refractivity contribution in [3.05, 3.63) is 25.7 Å². The Morgan fingerprint density at radius 3 is 2.31 bits per heavy atom. The van der Waals surface area contributed by atoms with Crippen LogP contribution in [0.2, 0.25) is 0 Å². The molecule has 0 aromatic heterocycles. The summed E-state index contributed by atoms with van der Waals surface area (Å²) in [6, 6.07) is 2.09. The van der Waals surface area contributed by atoms with Gasteiger partial charge in [-0.2, -0.15) is 13.2 Å². The van der Waals surface area contributed by atoms with E-state index in [0.29, 0.717) is 4.47 Å². The standard InChI is InChI=1S/C7H3BrF3IO/c8-4-2-1-3(7(9,10)11)6(13)5(4)12/h1-2,13H. The van der Waals surface area contributed by atoms with E-state index in [1.807, 2.05) is 0 Å². The number of aromatic hydroxyl groups is 1. The van der Waals surface area contributed by atoms with Crippen molar-refractivity contribution in [1.82, 2.24) is 0 Å². The van der Waals surface area contributed by atoms with Crippen molar-refractivity contribution < 1.29 is 18.3 Å². The predicted molar refractivity (Wildman–Crippen MR) is 53.5 cm³/mol. The van der Waals surface area contributed by atoms with E-state index in [0.717, 1.165) is 6.07 Å². The van der Waals surface area contributed by atoms with Crippen LogP contribution < -0.4 is 0 Å². The fourth-order valence-corrected chi connectivity index (χ4v) is 1.56. The number of hydrogen-bond donors (Lipinski definition) is 1. The highest BCUT2D eigenvalue weighted by Gasteiger charge is 2.34. The smallest absolute Gasteiger partial charge is 0.419 e. The average Bonchev–Trinajstić information content (AvgIpc) is 1.98. The molecular weight excluding hydrogens is 364 g/mol. The van der Waals surface area contributed by atoms with Gasteiger partial charge in [0.15, 0.2) is 0 Å². The first-order chi connectivity index (χ1) is 5.84. The Hall–Kier alpha value is 0.0200. The Morgan fingerprint density at radius 1 is 1.31 bits per heavy atom.